The van der Waals surface area contributed by atoms with Crippen molar-refractivity contribution in [2.45, 2.75) is 316 Å². The molecule has 712 valence electrons. The topological polar surface area (TPSA) is 231 Å². The van der Waals surface area contributed by atoms with Crippen LogP contribution in [0.5, 0.6) is 0 Å². The highest BCUT2D eigenvalue weighted by atomic mass is 79.9. The zero-order chi connectivity index (χ0) is 95.3. The van der Waals surface area contributed by atoms with Crippen LogP contribution >= 0.6 is 15.9 Å². The van der Waals surface area contributed by atoms with Gasteiger partial charge in [-0.25, -0.2) is 36.7 Å². The normalized spacial score (nSPS) is 17.2. The quantitative estimate of drug-likeness (QED) is 0.0211. The largest absolute Gasteiger partial charge is 0.444 e. The second-order valence-corrected chi connectivity index (χ2v) is 53.5. The highest BCUT2D eigenvalue weighted by molar-refractivity contribution is 9.09. The standard InChI is InChI=1S/C27H33FN2O5S.C26H41FN2O3Si.C20H27FN2O3.C18H23FN2O2.C8H19BrOSi/c1-19-7-10-23(11-8-19)36(32,33)34-15-14-29-18-20(24-12-9-21(28)17-25(24)29)16-22-6-5-13-30(22)26(31)35-27(2,3)4;1-25(2,3)32-24(30)29-13-9-10-21(29)16-19-18-28(23-17-20(27)11-12-22(19)23)14-15-31-33(7,8)26(4,5)6;1-20(2,3)26-19(25)23-8-4-5-16(23)11-14-13-22(9-10-24)18-12-15(21)6-7-17(14)18;1-18(2,3)23-17(22)21-8-4-5-14(21)9-12-11-20-16-10-13(19)6-7-15(12)16;1-8(2,3)11(4,5)10-7-6-9/h7-12,17-18,22H,5-6,13-16H2,1-4H3;11-12,17-18,21H,9-10,13-16H2,1-8H3;6-7,12-13,16,24H,4-5,8-11H2,1-3H3;6-7,10-11,14,20H,4-5,8-9H2,1-3H3;6-7H2,1-5H3/t22-;21-;16-;14-;/m0000./s1. The molecule has 2 N–H and O–H groups in total. The molecule has 4 saturated heterocycles. The van der Waals surface area contributed by atoms with Crippen molar-refractivity contribution in [3.8, 4) is 0 Å². The number of hydrogen-bond donors (Lipinski definition) is 2. The van der Waals surface area contributed by atoms with E-state index >= 15 is 0 Å². The number of aliphatic hydroxyl groups is 1. The van der Waals surface area contributed by atoms with Crippen LogP contribution < -0.4 is 0 Å². The Bertz CT molecular complexity index is 5380. The molecule has 0 radical (unpaired) electrons. The maximum absolute atomic E-state index is 14.1. The molecule has 22 nitrogen and oxygen atoms in total. The molecule has 4 aliphatic heterocycles. The Balaban J connectivity index is 0.000000189. The summed E-state index contributed by atoms with van der Waals surface area (Å²) in [6.07, 6.45) is 17.1. The number of fused-ring (bicyclic) bond motifs is 4. The number of halogens is 5. The van der Waals surface area contributed by atoms with Crippen molar-refractivity contribution >= 4 is 111 Å². The summed E-state index contributed by atoms with van der Waals surface area (Å²) in [7, 11) is -7.20. The van der Waals surface area contributed by atoms with Crippen molar-refractivity contribution in [3.63, 3.8) is 0 Å². The number of aliphatic hydroxyl groups excluding tert-OH is 1. The van der Waals surface area contributed by atoms with Crippen LogP contribution in [0.3, 0.4) is 0 Å². The minimum Gasteiger partial charge on any atom is -0.444 e. The summed E-state index contributed by atoms with van der Waals surface area (Å²) in [4.78, 5) is 60.8. The van der Waals surface area contributed by atoms with Gasteiger partial charge in [0.05, 0.1) is 41.3 Å². The molecule has 30 heteroatoms. The number of amides is 4. The third kappa shape index (κ3) is 29.6. The van der Waals surface area contributed by atoms with E-state index < -0.39 is 49.2 Å². The minimum absolute atomic E-state index is 0.00675. The van der Waals surface area contributed by atoms with Crippen LogP contribution in [0.4, 0.5) is 36.7 Å². The van der Waals surface area contributed by atoms with Gasteiger partial charge in [-0.2, -0.15) is 8.42 Å². The van der Waals surface area contributed by atoms with Crippen molar-refractivity contribution in [2.24, 2.45) is 0 Å². The molecule has 4 aromatic heterocycles. The number of nitrogens with zero attached hydrogens (tertiary/aromatic N) is 7. The first-order valence-electron chi connectivity index (χ1n) is 45.5. The molecular formula is C99H143BrF4N8O14SSi2. The van der Waals surface area contributed by atoms with Crippen molar-refractivity contribution in [1.82, 2.24) is 38.3 Å². The molecule has 5 aromatic carbocycles. The summed E-state index contributed by atoms with van der Waals surface area (Å²) in [5.41, 5.74) is 6.25. The summed E-state index contributed by atoms with van der Waals surface area (Å²) in [6, 6.07) is 25.8. The fourth-order valence-electron chi connectivity index (χ4n) is 16.1. The average molecular weight is 1910 g/mol. The zero-order valence-corrected chi connectivity index (χ0v) is 84.9. The number of alkyl halides is 1. The first kappa shape index (κ1) is 104. The number of ether oxygens (including phenoxy) is 4. The lowest BCUT2D eigenvalue weighted by Crippen LogP contribution is -2.41. The predicted octanol–water partition coefficient (Wildman–Crippen LogP) is 23.5. The van der Waals surface area contributed by atoms with E-state index in [1.165, 1.54) is 54.6 Å². The molecule has 0 spiro atoms. The van der Waals surface area contributed by atoms with E-state index in [0.29, 0.717) is 62.7 Å². The van der Waals surface area contributed by atoms with E-state index in [4.69, 9.17) is 32.0 Å². The Labute approximate surface area is 773 Å². The van der Waals surface area contributed by atoms with Crippen molar-refractivity contribution in [3.05, 3.63) is 173 Å². The van der Waals surface area contributed by atoms with Crippen LogP contribution in [0.2, 0.25) is 36.3 Å². The predicted molar refractivity (Wildman–Crippen MR) is 514 cm³/mol. The van der Waals surface area contributed by atoms with E-state index in [1.807, 2.05) is 138 Å². The maximum atomic E-state index is 14.1. The number of rotatable bonds is 22. The molecular weight excluding hydrogens is 1770 g/mol. The Kier molecular flexibility index (Phi) is 35.3. The monoisotopic (exact) mass is 1910 g/mol. The van der Waals surface area contributed by atoms with E-state index in [9.17, 15) is 50.3 Å². The van der Waals surface area contributed by atoms with Gasteiger partial charge in [-0.1, -0.05) is 75.2 Å². The second kappa shape index (κ2) is 43.6. The first-order chi connectivity index (χ1) is 60.0. The summed E-state index contributed by atoms with van der Waals surface area (Å²) in [5, 5.41) is 14.6. The van der Waals surface area contributed by atoms with Gasteiger partial charge in [0, 0.05) is 134 Å². The number of carbonyl (C=O) groups excluding carboxylic acids is 4. The molecule has 13 rings (SSSR count). The van der Waals surface area contributed by atoms with Crippen LogP contribution in [0.1, 0.15) is 204 Å². The van der Waals surface area contributed by atoms with Gasteiger partial charge in [-0.15, -0.1) is 0 Å². The van der Waals surface area contributed by atoms with Gasteiger partial charge in [0.25, 0.3) is 10.1 Å². The number of benzene rings is 5. The van der Waals surface area contributed by atoms with Crippen LogP contribution in [0, 0.1) is 30.2 Å². The average Bonchev–Trinajstić information content (AvgIpc) is 1.65. The van der Waals surface area contributed by atoms with Gasteiger partial charge in [-0.05, 0) is 311 Å². The number of carbonyl (C=O) groups is 4. The van der Waals surface area contributed by atoms with E-state index in [1.54, 1.807) is 41.3 Å². The van der Waals surface area contributed by atoms with Crippen LogP contribution in [-0.4, -0.2) is 197 Å². The lowest BCUT2D eigenvalue weighted by molar-refractivity contribution is 0.0216. The van der Waals surface area contributed by atoms with Crippen LogP contribution in [0.25, 0.3) is 43.6 Å². The third-order valence-electron chi connectivity index (χ3n) is 24.5. The molecule has 4 atom stereocenters. The van der Waals surface area contributed by atoms with E-state index in [0.717, 1.165) is 149 Å². The fourth-order valence-corrected chi connectivity index (χ4v) is 19.5. The third-order valence-corrected chi connectivity index (χ3v) is 35.2. The van der Waals surface area contributed by atoms with Gasteiger partial charge >= 0.3 is 24.4 Å². The lowest BCUT2D eigenvalue weighted by Gasteiger charge is -2.36. The summed E-state index contributed by atoms with van der Waals surface area (Å²) >= 11 is 3.37. The fraction of sp³-hybridized carbons (Fsp3) is 0.576. The van der Waals surface area contributed by atoms with Gasteiger partial charge in [0.15, 0.2) is 16.6 Å². The zero-order valence-electron chi connectivity index (χ0n) is 80.5. The maximum Gasteiger partial charge on any atom is 0.410 e. The summed E-state index contributed by atoms with van der Waals surface area (Å²) in [5.74, 6) is -1.16. The number of H-pyrrole nitrogens is 1. The molecule has 0 bridgehead atoms. The van der Waals surface area contributed by atoms with E-state index in [-0.39, 0.29) is 102 Å². The van der Waals surface area contributed by atoms with Gasteiger partial charge in [0.1, 0.15) is 45.7 Å². The molecule has 4 amide bonds. The SMILES string of the molecule is CC(C)(C)OC(=O)N1CCC[C@H]1Cc1c[nH]c2cc(F)ccc12.CC(C)(C)OC(=O)N1CCC[C@H]1Cc1cn(CCO)c2cc(F)ccc12.CC(C)(C)OC(=O)N1CCC[C@H]1Cc1cn(CCO[Si](C)(C)C(C)(C)C)c2cc(F)ccc12.CC(C)(C)[Si](C)(C)OCCBr.Cc1ccc(S(=O)(=O)OCCn2cc(C[C@@H]3CCCN3C(=O)OC(C)(C)C)c3ccc(F)cc32)cc1. The first-order valence-corrected chi connectivity index (χ1v) is 53.8. The Morgan fingerprint density at radius 3 is 1.07 bits per heavy atom. The minimum atomic E-state index is -3.90. The number of aryl methyl sites for hydroxylation is 1. The van der Waals surface area contributed by atoms with Gasteiger partial charge < -0.3 is 71.2 Å². The molecule has 0 unspecified atom stereocenters. The van der Waals surface area contributed by atoms with Crippen molar-refractivity contribution in [1.29, 1.82) is 0 Å². The highest BCUT2D eigenvalue weighted by Gasteiger charge is 2.41. The number of nitrogens with one attached hydrogen (secondary N) is 1. The van der Waals surface area contributed by atoms with E-state index in [2.05, 4.69) is 99.4 Å². The molecule has 129 heavy (non-hydrogen) atoms. The molecule has 9 aromatic rings. The number of aromatic amines is 1. The molecule has 0 aliphatic carbocycles. The van der Waals surface area contributed by atoms with Crippen molar-refractivity contribution < 1.29 is 82.2 Å². The molecule has 8 heterocycles. The molecule has 0 saturated carbocycles. The molecule has 4 fully saturated rings. The number of aromatic nitrogens is 4. The smallest absolute Gasteiger partial charge is 0.410 e. The Hall–Kier alpha value is -8.24. The Morgan fingerprint density at radius 1 is 0.434 bits per heavy atom. The summed E-state index contributed by atoms with van der Waals surface area (Å²) in [6.45, 7) is 52.3. The van der Waals surface area contributed by atoms with Crippen LogP contribution in [0.15, 0.2) is 127 Å². The second-order valence-electron chi connectivity index (χ2n) is 41.4. The summed E-state index contributed by atoms with van der Waals surface area (Å²) < 4.78 is 126. The van der Waals surface area contributed by atoms with Crippen molar-refractivity contribution in [2.75, 3.05) is 57.9 Å². The highest BCUT2D eigenvalue weighted by Crippen LogP contribution is 2.40. The molecule has 4 aliphatic rings. The number of hydrogen-bond acceptors (Lipinski definition) is 14. The Morgan fingerprint density at radius 2 is 0.744 bits per heavy atom. The van der Waals surface area contributed by atoms with Gasteiger partial charge in [-0.3, -0.25) is 4.18 Å². The van der Waals surface area contributed by atoms with Crippen LogP contribution in [-0.2, 0) is 87.4 Å². The van der Waals surface area contributed by atoms with Gasteiger partial charge in [0.2, 0.25) is 0 Å². The lowest BCUT2D eigenvalue weighted by atomic mass is 10.0. The number of likely N-dealkylation sites (tertiary alicyclic amines) is 4.